The highest BCUT2D eigenvalue weighted by Gasteiger charge is 2.42. The zero-order valence-corrected chi connectivity index (χ0v) is 38.8. The van der Waals surface area contributed by atoms with E-state index in [9.17, 15) is 28.8 Å². The number of ether oxygens (including phenoxy) is 2. The maximum Gasteiger partial charge on any atom is 0.407 e. The molecule has 7 rings (SSSR count). The van der Waals surface area contributed by atoms with Gasteiger partial charge in [-0.2, -0.15) is 0 Å². The number of methoxy groups -OCH3 is 2. The highest BCUT2D eigenvalue weighted by atomic mass is 16.5. The van der Waals surface area contributed by atoms with E-state index in [0.29, 0.717) is 37.3 Å². The van der Waals surface area contributed by atoms with Crippen molar-refractivity contribution in [1.82, 2.24) is 20.4 Å². The van der Waals surface area contributed by atoms with E-state index < -0.39 is 36.4 Å². The summed E-state index contributed by atoms with van der Waals surface area (Å²) in [5.74, 6) is -1.46. The van der Waals surface area contributed by atoms with E-state index in [-0.39, 0.29) is 40.9 Å². The van der Waals surface area contributed by atoms with E-state index in [1.54, 1.807) is 9.80 Å². The van der Waals surface area contributed by atoms with Crippen LogP contribution in [0.25, 0.3) is 22.3 Å². The average molecular weight is 891 g/mol. The summed E-state index contributed by atoms with van der Waals surface area (Å²) in [5, 5.41) is 11.4. The summed E-state index contributed by atoms with van der Waals surface area (Å²) in [7, 11) is 2.52. The van der Waals surface area contributed by atoms with E-state index >= 15 is 0 Å². The molecule has 2 aliphatic carbocycles. The standard InChI is InChI=1S/C51H66N6O8/c1-31(2)43(54-49(62)64-5)47(60)56-27-11-7-13-41(56)45(58)52-35-19-15-33(16-20-35)37-23-24-38(40-30-51(29-39(37)40)25-9-10-26-51)34-17-21-36(22-18-34)53-46(59)42-14-8-12-28-57(42)48(61)44(32(3)4)55-50(63)65-6/h15-24,31-32,41-44H,7-14,25-30H2,1-6H3,(H,52,58)(H,53,59)(H,54,62)(H,55,63)/t41?,42?,43-,44-/m1/s1. The first kappa shape index (κ1) is 47.1. The van der Waals surface area contributed by atoms with Crippen molar-refractivity contribution in [3.05, 3.63) is 71.8 Å². The van der Waals surface area contributed by atoms with Gasteiger partial charge in [-0.15, -0.1) is 0 Å². The van der Waals surface area contributed by atoms with Gasteiger partial charge in [-0.1, -0.05) is 76.9 Å². The van der Waals surface area contributed by atoms with Gasteiger partial charge in [-0.3, -0.25) is 19.2 Å². The summed E-state index contributed by atoms with van der Waals surface area (Å²) >= 11 is 0. The molecule has 3 aromatic rings. The lowest BCUT2D eigenvalue weighted by atomic mass is 9.82. The fourth-order valence-electron chi connectivity index (χ4n) is 10.5. The summed E-state index contributed by atoms with van der Waals surface area (Å²) in [5.41, 5.74) is 8.76. The fraction of sp³-hybridized carbons (Fsp3) is 0.529. The van der Waals surface area contributed by atoms with Crippen LogP contribution < -0.4 is 21.3 Å². The zero-order valence-electron chi connectivity index (χ0n) is 38.8. The van der Waals surface area contributed by atoms with Gasteiger partial charge in [0.1, 0.15) is 24.2 Å². The van der Waals surface area contributed by atoms with Crippen LogP contribution in [0.2, 0.25) is 0 Å². The normalized spacial score (nSPS) is 19.9. The molecule has 2 aliphatic heterocycles. The number of fused-ring (bicyclic) bond motifs is 1. The fourth-order valence-corrected chi connectivity index (χ4v) is 10.5. The van der Waals surface area contributed by atoms with E-state index in [4.69, 9.17) is 9.47 Å². The minimum absolute atomic E-state index is 0.193. The SMILES string of the molecule is COC(=O)N[C@@H](C(=O)N1CCCCC1C(=O)Nc1ccc(-c2ccc(-c3ccc(NC(=O)C4CCCCN4C(=O)[C@H](NC(=O)OC)C(C)C)cc3)c3c2CC2(CCCC2)C3)cc1)C(C)C. The Kier molecular flexibility index (Phi) is 14.8. The first-order valence-electron chi connectivity index (χ1n) is 23.5. The van der Waals surface area contributed by atoms with Crippen LogP contribution in [0.1, 0.15) is 103 Å². The number of alkyl carbamates (subject to hydrolysis) is 2. The third kappa shape index (κ3) is 10.5. The number of benzene rings is 3. The van der Waals surface area contributed by atoms with Crippen LogP contribution >= 0.6 is 0 Å². The molecular formula is C51H66N6O8. The van der Waals surface area contributed by atoms with Crippen molar-refractivity contribution >= 4 is 47.2 Å². The first-order chi connectivity index (χ1) is 31.2. The Balaban J connectivity index is 1.06. The molecule has 2 heterocycles. The molecule has 1 spiro atoms. The molecule has 2 unspecified atom stereocenters. The van der Waals surface area contributed by atoms with Gasteiger partial charge in [-0.05, 0) is 139 Å². The third-order valence-corrected chi connectivity index (χ3v) is 14.1. The van der Waals surface area contributed by atoms with Crippen molar-refractivity contribution in [1.29, 1.82) is 0 Å². The largest absolute Gasteiger partial charge is 0.453 e. The van der Waals surface area contributed by atoms with Crippen molar-refractivity contribution < 1.29 is 38.2 Å². The second-order valence-corrected chi connectivity index (χ2v) is 19.1. The van der Waals surface area contributed by atoms with Crippen LogP contribution in [-0.2, 0) is 41.5 Å². The number of piperidine rings is 2. The monoisotopic (exact) mass is 890 g/mol. The van der Waals surface area contributed by atoms with Gasteiger partial charge in [0.15, 0.2) is 0 Å². The summed E-state index contributed by atoms with van der Waals surface area (Å²) < 4.78 is 9.53. The van der Waals surface area contributed by atoms with E-state index in [1.807, 2.05) is 52.0 Å². The Hall–Kier alpha value is -5.92. The number of hydrogen-bond acceptors (Lipinski definition) is 8. The second kappa shape index (κ2) is 20.5. The van der Waals surface area contributed by atoms with Crippen molar-refractivity contribution in [2.75, 3.05) is 37.9 Å². The lowest BCUT2D eigenvalue weighted by Crippen LogP contribution is -2.57. The van der Waals surface area contributed by atoms with Gasteiger partial charge < -0.3 is 40.5 Å². The molecule has 6 amide bonds. The van der Waals surface area contributed by atoms with Crippen molar-refractivity contribution in [2.24, 2.45) is 17.3 Å². The Bertz CT molecular complexity index is 2080. The van der Waals surface area contributed by atoms with Gasteiger partial charge in [0.2, 0.25) is 23.6 Å². The van der Waals surface area contributed by atoms with E-state index in [1.165, 1.54) is 62.2 Å². The molecule has 348 valence electrons. The summed E-state index contributed by atoms with van der Waals surface area (Å²) in [6.07, 6.45) is 9.80. The van der Waals surface area contributed by atoms with Crippen LogP contribution in [0.5, 0.6) is 0 Å². The molecule has 4 N–H and O–H groups in total. The quantitative estimate of drug-likeness (QED) is 0.141. The van der Waals surface area contributed by atoms with Crippen molar-refractivity contribution in [2.45, 2.75) is 129 Å². The first-order valence-corrected chi connectivity index (χ1v) is 23.5. The maximum atomic E-state index is 13.8. The second-order valence-electron chi connectivity index (χ2n) is 19.1. The van der Waals surface area contributed by atoms with Crippen molar-refractivity contribution in [3.63, 3.8) is 0 Å². The van der Waals surface area contributed by atoms with Gasteiger partial charge in [0.25, 0.3) is 0 Å². The third-order valence-electron chi connectivity index (χ3n) is 14.1. The van der Waals surface area contributed by atoms with Crippen LogP contribution in [0, 0.1) is 17.3 Å². The maximum absolute atomic E-state index is 13.8. The Morgan fingerprint density at radius 2 is 0.938 bits per heavy atom. The number of rotatable bonds is 12. The number of nitrogens with zero attached hydrogens (tertiary/aromatic N) is 2. The molecule has 0 bridgehead atoms. The lowest BCUT2D eigenvalue weighted by molar-refractivity contribution is -0.143. The highest BCUT2D eigenvalue weighted by Crippen LogP contribution is 2.53. The summed E-state index contributed by atoms with van der Waals surface area (Å²) in [6, 6.07) is 17.4. The molecule has 2 saturated heterocycles. The number of hydrogen-bond donors (Lipinski definition) is 4. The van der Waals surface area contributed by atoms with E-state index in [2.05, 4.69) is 57.7 Å². The molecule has 4 atom stereocenters. The van der Waals surface area contributed by atoms with Crippen LogP contribution in [-0.4, -0.2) is 97.1 Å². The van der Waals surface area contributed by atoms with Crippen LogP contribution in [0.3, 0.4) is 0 Å². The Morgan fingerprint density at radius 3 is 1.29 bits per heavy atom. The molecule has 65 heavy (non-hydrogen) atoms. The van der Waals surface area contributed by atoms with Crippen LogP contribution in [0.4, 0.5) is 21.0 Å². The van der Waals surface area contributed by atoms with E-state index in [0.717, 1.165) is 49.7 Å². The molecule has 0 radical (unpaired) electrons. The molecule has 4 aliphatic rings. The van der Waals surface area contributed by atoms with Crippen molar-refractivity contribution in [3.8, 4) is 22.3 Å². The smallest absolute Gasteiger partial charge is 0.407 e. The lowest BCUT2D eigenvalue weighted by Gasteiger charge is -2.37. The molecule has 14 heteroatoms. The number of carbonyl (C=O) groups is 6. The number of amides is 6. The Labute approximate surface area is 382 Å². The predicted molar refractivity (Wildman–Crippen MR) is 250 cm³/mol. The molecule has 1 saturated carbocycles. The van der Waals surface area contributed by atoms with Crippen LogP contribution in [0.15, 0.2) is 60.7 Å². The minimum atomic E-state index is -0.806. The molecular weight excluding hydrogens is 825 g/mol. The highest BCUT2D eigenvalue weighted by molar-refractivity contribution is 6.00. The number of nitrogens with one attached hydrogen (secondary N) is 4. The topological polar surface area (TPSA) is 175 Å². The average Bonchev–Trinajstić information content (AvgIpc) is 3.94. The minimum Gasteiger partial charge on any atom is -0.453 e. The molecule has 0 aromatic heterocycles. The van der Waals surface area contributed by atoms with Gasteiger partial charge in [0.05, 0.1) is 14.2 Å². The number of likely N-dealkylation sites (tertiary alicyclic amines) is 2. The predicted octanol–water partition coefficient (Wildman–Crippen LogP) is 8.08. The summed E-state index contributed by atoms with van der Waals surface area (Å²) in [6.45, 7) is 8.29. The zero-order chi connectivity index (χ0) is 46.4. The van der Waals surface area contributed by atoms with Gasteiger partial charge in [-0.25, -0.2) is 9.59 Å². The Morgan fingerprint density at radius 1 is 0.554 bits per heavy atom. The molecule has 3 fully saturated rings. The van der Waals surface area contributed by atoms with Gasteiger partial charge in [0, 0.05) is 24.5 Å². The number of anilines is 2. The summed E-state index contributed by atoms with van der Waals surface area (Å²) in [4.78, 5) is 82.3. The number of carbonyl (C=O) groups excluding carboxylic acids is 6. The molecule has 3 aromatic carbocycles. The van der Waals surface area contributed by atoms with Gasteiger partial charge >= 0.3 is 12.2 Å². The molecule has 14 nitrogen and oxygen atoms in total.